The van der Waals surface area contributed by atoms with Crippen LogP contribution in [0.15, 0.2) is 12.3 Å². The van der Waals surface area contributed by atoms with Gasteiger partial charge in [0, 0.05) is 25.4 Å². The van der Waals surface area contributed by atoms with E-state index >= 15 is 0 Å². The fourth-order valence-corrected chi connectivity index (χ4v) is 1.06. The van der Waals surface area contributed by atoms with Crippen LogP contribution in [0.25, 0.3) is 0 Å². The Morgan fingerprint density at radius 1 is 1.62 bits per heavy atom. The topological polar surface area (TPSA) is 55.2 Å². The van der Waals surface area contributed by atoms with Crippen molar-refractivity contribution in [2.45, 2.75) is 19.4 Å². The lowest BCUT2D eigenvalue weighted by Crippen LogP contribution is -2.18. The summed E-state index contributed by atoms with van der Waals surface area (Å²) in [5.74, 6) is 0.657. The lowest BCUT2D eigenvalue weighted by atomic mass is 10.2. The minimum Gasteiger partial charge on any atom is -0.390 e. The van der Waals surface area contributed by atoms with Gasteiger partial charge in [0.05, 0.1) is 12.7 Å². The first-order valence-electron chi connectivity index (χ1n) is 4.18. The van der Waals surface area contributed by atoms with Gasteiger partial charge in [-0.1, -0.05) is 0 Å². The van der Waals surface area contributed by atoms with Gasteiger partial charge in [-0.25, -0.2) is 9.97 Å². The van der Waals surface area contributed by atoms with E-state index in [1.54, 1.807) is 13.3 Å². The largest absolute Gasteiger partial charge is 0.390 e. The number of aryl methyl sites for hydroxylation is 1. The molecular formula is C9H14N2O2. The predicted octanol–water partition coefficient (Wildman–Crippen LogP) is 0.335. The van der Waals surface area contributed by atoms with Crippen molar-refractivity contribution in [3.63, 3.8) is 0 Å². The van der Waals surface area contributed by atoms with Crippen LogP contribution in [0.4, 0.5) is 0 Å². The highest BCUT2D eigenvalue weighted by Crippen LogP contribution is 1.98. The van der Waals surface area contributed by atoms with Crippen molar-refractivity contribution in [3.05, 3.63) is 23.8 Å². The smallest absolute Gasteiger partial charge is 0.131 e. The molecule has 0 aliphatic rings. The first-order chi connectivity index (χ1) is 6.22. The summed E-state index contributed by atoms with van der Waals surface area (Å²) >= 11 is 0. The molecule has 0 bridgehead atoms. The van der Waals surface area contributed by atoms with Crippen molar-refractivity contribution in [1.82, 2.24) is 9.97 Å². The van der Waals surface area contributed by atoms with Crippen LogP contribution in [-0.4, -0.2) is 34.9 Å². The monoisotopic (exact) mass is 182 g/mol. The molecule has 1 aromatic rings. The first kappa shape index (κ1) is 10.1. The van der Waals surface area contributed by atoms with Crippen LogP contribution in [0.5, 0.6) is 0 Å². The van der Waals surface area contributed by atoms with Crippen LogP contribution in [-0.2, 0) is 11.2 Å². The van der Waals surface area contributed by atoms with E-state index in [0.717, 1.165) is 5.69 Å². The molecule has 0 saturated carbocycles. The molecule has 1 rings (SSSR count). The molecule has 1 heterocycles. The van der Waals surface area contributed by atoms with Crippen LogP contribution >= 0.6 is 0 Å². The van der Waals surface area contributed by atoms with Gasteiger partial charge in [-0.05, 0) is 13.0 Å². The highest BCUT2D eigenvalue weighted by molar-refractivity contribution is 5.00. The van der Waals surface area contributed by atoms with E-state index < -0.39 is 6.10 Å². The van der Waals surface area contributed by atoms with Crippen molar-refractivity contribution < 1.29 is 9.84 Å². The second-order valence-corrected chi connectivity index (χ2v) is 2.93. The fraction of sp³-hybridized carbons (Fsp3) is 0.556. The number of nitrogens with zero attached hydrogens (tertiary/aromatic N) is 2. The van der Waals surface area contributed by atoms with Crippen LogP contribution in [0.1, 0.15) is 11.5 Å². The molecule has 1 N–H and O–H groups in total. The number of hydrogen-bond donors (Lipinski definition) is 1. The summed E-state index contributed by atoms with van der Waals surface area (Å²) in [6, 6.07) is 1.83. The molecule has 13 heavy (non-hydrogen) atoms. The first-order valence-corrected chi connectivity index (χ1v) is 4.18. The quantitative estimate of drug-likeness (QED) is 0.729. The standard InChI is InChI=1S/C9H14N2O2/c1-7-3-4-10-9(11-7)5-8(12)6-13-2/h3-4,8,12H,5-6H2,1-2H3. The van der Waals surface area contributed by atoms with Gasteiger partial charge >= 0.3 is 0 Å². The molecule has 0 aliphatic carbocycles. The third-order valence-corrected chi connectivity index (χ3v) is 1.62. The number of aromatic nitrogens is 2. The number of rotatable bonds is 4. The van der Waals surface area contributed by atoms with Gasteiger partial charge in [0.25, 0.3) is 0 Å². The number of aliphatic hydroxyl groups is 1. The van der Waals surface area contributed by atoms with Crippen LogP contribution in [0.2, 0.25) is 0 Å². The second-order valence-electron chi connectivity index (χ2n) is 2.93. The Bertz CT molecular complexity index is 266. The highest BCUT2D eigenvalue weighted by Gasteiger charge is 2.06. The molecule has 4 heteroatoms. The van der Waals surface area contributed by atoms with Crippen LogP contribution < -0.4 is 0 Å². The normalized spacial score (nSPS) is 12.8. The third-order valence-electron chi connectivity index (χ3n) is 1.62. The van der Waals surface area contributed by atoms with Crippen molar-refractivity contribution in [2.75, 3.05) is 13.7 Å². The summed E-state index contributed by atoms with van der Waals surface area (Å²) in [6.45, 7) is 2.21. The molecule has 0 radical (unpaired) electrons. The van der Waals surface area contributed by atoms with E-state index in [1.165, 1.54) is 0 Å². The van der Waals surface area contributed by atoms with Gasteiger partial charge in [0.1, 0.15) is 5.82 Å². The van der Waals surface area contributed by atoms with E-state index in [9.17, 15) is 5.11 Å². The van der Waals surface area contributed by atoms with Gasteiger partial charge in [-0.2, -0.15) is 0 Å². The van der Waals surface area contributed by atoms with Crippen molar-refractivity contribution in [2.24, 2.45) is 0 Å². The van der Waals surface area contributed by atoms with Gasteiger partial charge in [-0.15, -0.1) is 0 Å². The maximum atomic E-state index is 9.39. The maximum absolute atomic E-state index is 9.39. The lowest BCUT2D eigenvalue weighted by molar-refractivity contribution is 0.0637. The number of hydrogen-bond acceptors (Lipinski definition) is 4. The van der Waals surface area contributed by atoms with E-state index in [-0.39, 0.29) is 0 Å². The third kappa shape index (κ3) is 3.48. The summed E-state index contributed by atoms with van der Waals surface area (Å²) in [4.78, 5) is 8.20. The van der Waals surface area contributed by atoms with E-state index in [1.807, 2.05) is 13.0 Å². The summed E-state index contributed by atoms with van der Waals surface area (Å²) < 4.78 is 4.80. The molecule has 0 aromatic carbocycles. The SMILES string of the molecule is COCC(O)Cc1nccc(C)n1. The molecule has 4 nitrogen and oxygen atoms in total. The predicted molar refractivity (Wildman–Crippen MR) is 48.4 cm³/mol. The molecule has 72 valence electrons. The van der Waals surface area contributed by atoms with Crippen molar-refractivity contribution in [3.8, 4) is 0 Å². The van der Waals surface area contributed by atoms with E-state index in [4.69, 9.17) is 4.74 Å². The van der Waals surface area contributed by atoms with Crippen LogP contribution in [0.3, 0.4) is 0 Å². The molecule has 1 unspecified atom stereocenters. The summed E-state index contributed by atoms with van der Waals surface area (Å²) in [7, 11) is 1.56. The molecule has 1 aromatic heterocycles. The fourth-order valence-electron chi connectivity index (χ4n) is 1.06. The zero-order valence-electron chi connectivity index (χ0n) is 7.90. The molecule has 1 atom stereocenters. The van der Waals surface area contributed by atoms with Gasteiger partial charge in [-0.3, -0.25) is 0 Å². The average molecular weight is 182 g/mol. The summed E-state index contributed by atoms with van der Waals surface area (Å²) in [5.41, 5.74) is 0.912. The molecule has 0 fully saturated rings. The van der Waals surface area contributed by atoms with E-state index in [2.05, 4.69) is 9.97 Å². The van der Waals surface area contributed by atoms with Crippen molar-refractivity contribution >= 4 is 0 Å². The van der Waals surface area contributed by atoms with Crippen molar-refractivity contribution in [1.29, 1.82) is 0 Å². The highest BCUT2D eigenvalue weighted by atomic mass is 16.5. The Kier molecular flexibility index (Phi) is 3.79. The Hall–Kier alpha value is -1.00. The van der Waals surface area contributed by atoms with Gasteiger partial charge in [0.2, 0.25) is 0 Å². The second kappa shape index (κ2) is 4.89. The minimum absolute atomic E-state index is 0.317. The Balaban J connectivity index is 2.53. The van der Waals surface area contributed by atoms with Gasteiger partial charge in [0.15, 0.2) is 0 Å². The molecule has 0 amide bonds. The van der Waals surface area contributed by atoms with E-state index in [0.29, 0.717) is 18.9 Å². The Morgan fingerprint density at radius 3 is 3.00 bits per heavy atom. The number of methoxy groups -OCH3 is 1. The molecule has 0 spiro atoms. The Morgan fingerprint density at radius 2 is 2.38 bits per heavy atom. The molecule has 0 saturated heterocycles. The van der Waals surface area contributed by atoms with Crippen LogP contribution in [0, 0.1) is 6.92 Å². The average Bonchev–Trinajstić information content (AvgIpc) is 2.04. The Labute approximate surface area is 77.6 Å². The summed E-state index contributed by atoms with van der Waals surface area (Å²) in [6.07, 6.45) is 1.61. The zero-order chi connectivity index (χ0) is 9.68. The molecular weight excluding hydrogens is 168 g/mol. The number of ether oxygens (including phenoxy) is 1. The maximum Gasteiger partial charge on any atom is 0.131 e. The number of aliphatic hydroxyl groups excluding tert-OH is 1. The molecule has 0 aliphatic heterocycles. The zero-order valence-corrected chi connectivity index (χ0v) is 7.90. The lowest BCUT2D eigenvalue weighted by Gasteiger charge is -2.07. The minimum atomic E-state index is -0.521. The van der Waals surface area contributed by atoms with Gasteiger partial charge < -0.3 is 9.84 Å². The summed E-state index contributed by atoms with van der Waals surface area (Å²) in [5, 5.41) is 9.39.